The zero-order chi connectivity index (χ0) is 19.8. The Morgan fingerprint density at radius 1 is 1.04 bits per heavy atom. The number of carbonyl (C=O) groups excluding carboxylic acids is 2. The lowest BCUT2D eigenvalue weighted by Gasteiger charge is -2.11. The first-order chi connectivity index (χ1) is 12.8. The van der Waals surface area contributed by atoms with Crippen LogP contribution >= 0.6 is 0 Å². The number of ether oxygens (including phenoxy) is 2. The van der Waals surface area contributed by atoms with Crippen molar-refractivity contribution in [2.45, 2.75) is 32.9 Å². The van der Waals surface area contributed by atoms with Crippen LogP contribution in [0.2, 0.25) is 0 Å². The summed E-state index contributed by atoms with van der Waals surface area (Å²) >= 11 is 0. The molecule has 0 saturated heterocycles. The second-order valence-corrected chi connectivity index (χ2v) is 6.21. The fourth-order valence-electron chi connectivity index (χ4n) is 2.33. The lowest BCUT2D eigenvalue weighted by Crippen LogP contribution is -2.28. The van der Waals surface area contributed by atoms with E-state index >= 15 is 0 Å². The minimum atomic E-state index is -0.727. The summed E-state index contributed by atoms with van der Waals surface area (Å²) in [6, 6.07) is 10.0. The van der Waals surface area contributed by atoms with E-state index in [9.17, 15) is 18.4 Å². The van der Waals surface area contributed by atoms with Gasteiger partial charge in [-0.15, -0.1) is 0 Å². The molecule has 2 aromatic carbocycles. The van der Waals surface area contributed by atoms with Crippen molar-refractivity contribution in [2.24, 2.45) is 0 Å². The molecule has 5 nitrogen and oxygen atoms in total. The highest BCUT2D eigenvalue weighted by atomic mass is 19.1. The Morgan fingerprint density at radius 3 is 2.41 bits per heavy atom. The molecule has 1 amide bonds. The zero-order valence-electron chi connectivity index (χ0n) is 15.1. The minimum Gasteiger partial charge on any atom is -0.491 e. The Balaban J connectivity index is 1.77. The summed E-state index contributed by atoms with van der Waals surface area (Å²) in [5.41, 5.74) is 0.975. The predicted molar refractivity (Wildman–Crippen MR) is 95.1 cm³/mol. The molecule has 0 spiro atoms. The summed E-state index contributed by atoms with van der Waals surface area (Å²) in [5, 5.41) is 2.43. The molecule has 1 N–H and O–H groups in total. The molecule has 0 aromatic heterocycles. The Bertz CT molecular complexity index is 788. The molecule has 0 unspecified atom stereocenters. The van der Waals surface area contributed by atoms with Gasteiger partial charge in [0.25, 0.3) is 5.91 Å². The number of amides is 1. The van der Waals surface area contributed by atoms with Crippen LogP contribution in [0.5, 0.6) is 5.75 Å². The highest BCUT2D eigenvalue weighted by Crippen LogP contribution is 2.15. The van der Waals surface area contributed by atoms with E-state index in [0.29, 0.717) is 11.3 Å². The third kappa shape index (κ3) is 7.43. The van der Waals surface area contributed by atoms with E-state index in [2.05, 4.69) is 5.32 Å². The molecule has 0 saturated carbocycles. The molecule has 144 valence electrons. The number of benzene rings is 2. The van der Waals surface area contributed by atoms with Crippen molar-refractivity contribution in [3.8, 4) is 5.75 Å². The summed E-state index contributed by atoms with van der Waals surface area (Å²) in [6.45, 7) is 3.26. The topological polar surface area (TPSA) is 64.6 Å². The number of halogens is 2. The summed E-state index contributed by atoms with van der Waals surface area (Å²) in [7, 11) is 0. The third-order valence-electron chi connectivity index (χ3n) is 3.39. The largest absolute Gasteiger partial charge is 0.491 e. The Kier molecular flexibility index (Phi) is 7.28. The maximum Gasteiger partial charge on any atom is 0.310 e. The Hall–Kier alpha value is -2.96. The smallest absolute Gasteiger partial charge is 0.310 e. The second-order valence-electron chi connectivity index (χ2n) is 6.21. The summed E-state index contributed by atoms with van der Waals surface area (Å²) < 4.78 is 36.6. The first kappa shape index (κ1) is 20.4. The van der Waals surface area contributed by atoms with Gasteiger partial charge in [-0.2, -0.15) is 0 Å². The maximum absolute atomic E-state index is 13.1. The maximum atomic E-state index is 13.1. The van der Waals surface area contributed by atoms with Gasteiger partial charge in [-0.3, -0.25) is 9.59 Å². The quantitative estimate of drug-likeness (QED) is 0.718. The molecular weight excluding hydrogens is 356 g/mol. The van der Waals surface area contributed by atoms with E-state index in [0.717, 1.165) is 18.2 Å². The lowest BCUT2D eigenvalue weighted by atomic mass is 10.1. The molecule has 0 bridgehead atoms. The first-order valence-corrected chi connectivity index (χ1v) is 8.44. The minimum absolute atomic E-state index is 0.00230. The number of hydrogen-bond acceptors (Lipinski definition) is 4. The van der Waals surface area contributed by atoms with Gasteiger partial charge >= 0.3 is 5.97 Å². The molecule has 0 atom stereocenters. The van der Waals surface area contributed by atoms with Crippen LogP contribution in [0.15, 0.2) is 42.5 Å². The number of carbonyl (C=O) groups is 2. The van der Waals surface area contributed by atoms with Gasteiger partial charge in [0.05, 0.1) is 12.5 Å². The second kappa shape index (κ2) is 9.66. The molecule has 0 aliphatic heterocycles. The van der Waals surface area contributed by atoms with Crippen molar-refractivity contribution in [1.29, 1.82) is 0 Å². The van der Waals surface area contributed by atoms with Gasteiger partial charge in [0.1, 0.15) is 17.4 Å². The van der Waals surface area contributed by atoms with Crippen LogP contribution in [-0.4, -0.2) is 24.6 Å². The van der Waals surface area contributed by atoms with Gasteiger partial charge in [-0.25, -0.2) is 8.78 Å². The standard InChI is InChI=1S/C20H21F2NO4/c1-13(2)27-18-5-3-4-14(8-18)9-20(25)26-12-19(24)23-11-15-6-16(21)10-17(22)7-15/h3-8,10,13H,9,11-12H2,1-2H3,(H,23,24). The van der Waals surface area contributed by atoms with Gasteiger partial charge in [0.2, 0.25) is 0 Å². The lowest BCUT2D eigenvalue weighted by molar-refractivity contribution is -0.147. The molecule has 27 heavy (non-hydrogen) atoms. The van der Waals surface area contributed by atoms with Crippen molar-refractivity contribution >= 4 is 11.9 Å². The van der Waals surface area contributed by atoms with Gasteiger partial charge < -0.3 is 14.8 Å². The SMILES string of the molecule is CC(C)Oc1cccc(CC(=O)OCC(=O)NCc2cc(F)cc(F)c2)c1. The average molecular weight is 377 g/mol. The van der Waals surface area contributed by atoms with Crippen LogP contribution in [-0.2, 0) is 27.3 Å². The highest BCUT2D eigenvalue weighted by molar-refractivity contribution is 5.81. The fourth-order valence-corrected chi connectivity index (χ4v) is 2.33. The molecule has 2 rings (SSSR count). The highest BCUT2D eigenvalue weighted by Gasteiger charge is 2.10. The van der Waals surface area contributed by atoms with Crippen molar-refractivity contribution < 1.29 is 27.8 Å². The molecule has 0 fully saturated rings. The summed E-state index contributed by atoms with van der Waals surface area (Å²) in [5.74, 6) is -1.94. The van der Waals surface area contributed by atoms with E-state index in [1.54, 1.807) is 24.3 Å². The number of nitrogens with one attached hydrogen (secondary N) is 1. The van der Waals surface area contributed by atoms with Crippen LogP contribution in [0.3, 0.4) is 0 Å². The normalized spacial score (nSPS) is 10.6. The molecule has 0 heterocycles. The van der Waals surface area contributed by atoms with Gasteiger partial charge in [-0.1, -0.05) is 12.1 Å². The number of rotatable bonds is 8. The molecule has 0 radical (unpaired) electrons. The fraction of sp³-hybridized carbons (Fsp3) is 0.300. The van der Waals surface area contributed by atoms with Crippen LogP contribution in [0.25, 0.3) is 0 Å². The zero-order valence-corrected chi connectivity index (χ0v) is 15.1. The van der Waals surface area contributed by atoms with E-state index in [1.807, 2.05) is 13.8 Å². The molecule has 2 aromatic rings. The van der Waals surface area contributed by atoms with Crippen LogP contribution in [0, 0.1) is 11.6 Å². The van der Waals surface area contributed by atoms with E-state index in [4.69, 9.17) is 9.47 Å². The Morgan fingerprint density at radius 2 is 1.74 bits per heavy atom. The number of esters is 1. The van der Waals surface area contributed by atoms with Crippen molar-refractivity contribution in [3.05, 3.63) is 65.2 Å². The summed E-state index contributed by atoms with van der Waals surface area (Å²) in [4.78, 5) is 23.6. The average Bonchev–Trinajstić information content (AvgIpc) is 2.57. The van der Waals surface area contributed by atoms with Gasteiger partial charge in [0, 0.05) is 12.6 Å². The molecular formula is C20H21F2NO4. The van der Waals surface area contributed by atoms with Crippen molar-refractivity contribution in [2.75, 3.05) is 6.61 Å². The van der Waals surface area contributed by atoms with Crippen LogP contribution in [0.4, 0.5) is 8.78 Å². The van der Waals surface area contributed by atoms with E-state index in [1.165, 1.54) is 0 Å². The monoisotopic (exact) mass is 377 g/mol. The van der Waals surface area contributed by atoms with Gasteiger partial charge in [-0.05, 0) is 49.2 Å². The van der Waals surface area contributed by atoms with E-state index < -0.39 is 30.1 Å². The molecule has 7 heteroatoms. The molecule has 0 aliphatic rings. The molecule has 0 aliphatic carbocycles. The van der Waals surface area contributed by atoms with Crippen molar-refractivity contribution in [3.63, 3.8) is 0 Å². The number of hydrogen-bond donors (Lipinski definition) is 1. The van der Waals surface area contributed by atoms with Crippen LogP contribution in [0.1, 0.15) is 25.0 Å². The predicted octanol–water partition coefficient (Wildman–Crippen LogP) is 3.15. The van der Waals surface area contributed by atoms with E-state index in [-0.39, 0.29) is 24.6 Å². The van der Waals surface area contributed by atoms with Crippen LogP contribution < -0.4 is 10.1 Å². The third-order valence-corrected chi connectivity index (χ3v) is 3.39. The Labute approximate surface area is 156 Å². The van der Waals surface area contributed by atoms with Crippen molar-refractivity contribution in [1.82, 2.24) is 5.32 Å². The van der Waals surface area contributed by atoms with Gasteiger partial charge in [0.15, 0.2) is 6.61 Å². The summed E-state index contributed by atoms with van der Waals surface area (Å²) in [6.07, 6.45) is 0.0139. The first-order valence-electron chi connectivity index (χ1n) is 8.44.